The summed E-state index contributed by atoms with van der Waals surface area (Å²) in [4.78, 5) is 76.1. The van der Waals surface area contributed by atoms with Crippen molar-refractivity contribution < 1.29 is 68.6 Å². The van der Waals surface area contributed by atoms with E-state index in [0.29, 0.717) is 107 Å². The first-order chi connectivity index (χ1) is 50.3. The highest BCUT2D eigenvalue weighted by Gasteiger charge is 2.41. The first-order valence-electron chi connectivity index (χ1n) is 37.3. The number of rotatable bonds is 25. The van der Waals surface area contributed by atoms with Crippen LogP contribution in [0.2, 0.25) is 87.6 Å². The Morgan fingerprint density at radius 1 is 0.551 bits per heavy atom. The molecule has 107 heavy (non-hydrogen) atoms. The lowest BCUT2D eigenvalue weighted by Crippen LogP contribution is -2.50. The number of anilines is 2. The quantitative estimate of drug-likeness (QED) is 0.0185. The van der Waals surface area contributed by atoms with E-state index in [1.165, 1.54) is 48.5 Å². The average Bonchev–Trinajstić information content (AvgIpc) is 1.75. The minimum Gasteiger partial charge on any atom is -0.466 e. The van der Waals surface area contributed by atoms with Crippen LogP contribution in [0, 0.1) is 23.3 Å². The molecule has 0 radical (unpaired) electrons. The number of carbonyl (C=O) groups is 3. The third kappa shape index (κ3) is 20.3. The summed E-state index contributed by atoms with van der Waals surface area (Å²) in [6.45, 7) is 39.5. The number of hydrogen-bond acceptors (Lipinski definition) is 17. The third-order valence-corrected chi connectivity index (χ3v) is 34.3. The van der Waals surface area contributed by atoms with E-state index < -0.39 is 67.3 Å². The van der Waals surface area contributed by atoms with E-state index in [4.69, 9.17) is 36.6 Å². The summed E-state index contributed by atoms with van der Waals surface area (Å²) in [5, 5.41) is 5.70. The van der Waals surface area contributed by atoms with Crippen molar-refractivity contribution in [2.24, 2.45) is 0 Å². The fraction of sp³-hybridized carbons (Fsp3) is 0.551. The van der Waals surface area contributed by atoms with Crippen LogP contribution in [0.5, 0.6) is 11.8 Å². The van der Waals surface area contributed by atoms with E-state index in [2.05, 4.69) is 127 Å². The van der Waals surface area contributed by atoms with Gasteiger partial charge in [0.1, 0.15) is 65.6 Å². The fourth-order valence-corrected chi connectivity index (χ4v) is 17.1. The van der Waals surface area contributed by atoms with E-state index in [1.54, 1.807) is 15.9 Å². The molecule has 0 saturated heterocycles. The largest absolute Gasteiger partial charge is 0.466 e. The number of aromatic nitrogens is 4. The molecule has 8 heterocycles. The van der Waals surface area contributed by atoms with Crippen LogP contribution in [0.25, 0.3) is 43.7 Å². The van der Waals surface area contributed by atoms with Crippen molar-refractivity contribution in [3.8, 4) is 11.8 Å². The SMILES string of the molecule is CC(C)(C)[Si](C)(C)OCC=O.CC(C)(C)[Si](C)(C)OCCN(Cc1cc2c(=O)oc3ccc(F)cc3c2n1COCC[Si](C)(C)C)C1CCC(N2C(=O)COc3ncc(F)cc32)CC1.C[Si](C)(C)CCOCn1c(CNC2CCC(N3C(=O)COc4ncc(F)cc43)CC2)cc2c(=O)oc3ccc(F)cc3c21. The first-order valence-corrected chi connectivity index (χ1v) is 50.6. The molecule has 12 rings (SSSR count). The molecule has 2 aliphatic heterocycles. The Hall–Kier alpha value is -7.20. The van der Waals surface area contributed by atoms with Crippen molar-refractivity contribution in [3.63, 3.8) is 0 Å². The lowest BCUT2D eigenvalue weighted by atomic mass is 9.88. The Labute approximate surface area is 628 Å². The van der Waals surface area contributed by atoms with E-state index in [9.17, 15) is 41.5 Å². The predicted octanol–water partition coefficient (Wildman–Crippen LogP) is 16.1. The molecule has 2 fully saturated rings. The van der Waals surface area contributed by atoms with E-state index in [-0.39, 0.29) is 91.1 Å². The van der Waals surface area contributed by atoms with Crippen LogP contribution in [0.4, 0.5) is 28.9 Å². The summed E-state index contributed by atoms with van der Waals surface area (Å²) in [7, 11) is -6.37. The van der Waals surface area contributed by atoms with Gasteiger partial charge in [0.05, 0.1) is 40.8 Å². The Morgan fingerprint density at radius 2 is 0.991 bits per heavy atom. The molecule has 2 aliphatic carbocycles. The standard InChI is InChI=1S/C39H54F2N4O6Si2.C31H36F2N4O5Si.C8H18O2Si/c1-39(2,3)53(7,8)50-16-15-43(28-10-12-29(13-11-28)45-33-20-27(41)22-42-37(33)49-24-35(45)46)23-30-21-32-36(44(30)25-48-17-18-52(4,5)6)31-19-26(40)9-14-34(31)51-38(32)47;1-43(2,3)11-10-40-18-36-23(14-25-29(36)24-12-19(32)4-9-27(24)42-31(25)39)16-34-21-5-7-22(8-6-21)37-26-13-20(33)15-35-30(26)41-17-28(37)38;1-8(2,3)11(4,5)10-7-6-9/h9,14,19-22,28-29H,10-13,15-18,23-25H2,1-8H3;4,9,12-15,21-22,34H,5-8,10-11,16-18H2,1-3H3;6H,7H2,1-5H3. The molecule has 29 heteroatoms. The molecular weight excluding hydrogens is 1450 g/mol. The first kappa shape index (κ1) is 82.3. The number of nitrogens with zero attached hydrogens (tertiary/aromatic N) is 7. The van der Waals surface area contributed by atoms with Gasteiger partial charge >= 0.3 is 11.3 Å². The van der Waals surface area contributed by atoms with Crippen molar-refractivity contribution in [3.05, 3.63) is 129 Å². The van der Waals surface area contributed by atoms with Crippen LogP contribution >= 0.6 is 0 Å². The summed E-state index contributed by atoms with van der Waals surface area (Å²) in [5.74, 6) is -1.70. The molecule has 1 N–H and O–H groups in total. The van der Waals surface area contributed by atoms with E-state index >= 15 is 0 Å². The van der Waals surface area contributed by atoms with Crippen molar-refractivity contribution in [2.45, 2.75) is 231 Å². The number of amides is 2. The lowest BCUT2D eigenvalue weighted by molar-refractivity contribution is -0.122. The minimum absolute atomic E-state index is 0.0508. The summed E-state index contributed by atoms with van der Waals surface area (Å²) in [6, 6.07) is 16.8. The smallest absolute Gasteiger partial charge is 0.345 e. The van der Waals surface area contributed by atoms with Gasteiger partial charge in [-0.15, -0.1) is 0 Å². The summed E-state index contributed by atoms with van der Waals surface area (Å²) in [6.07, 6.45) is 9.08. The van der Waals surface area contributed by atoms with Crippen molar-refractivity contribution >= 4 is 106 Å². The number of ether oxygens (including phenoxy) is 4. The molecule has 0 bridgehead atoms. The minimum atomic E-state index is -2.04. The second-order valence-corrected chi connectivity index (χ2v) is 55.0. The normalized spacial score (nSPS) is 18.3. The predicted molar refractivity (Wildman–Crippen MR) is 420 cm³/mol. The molecule has 2 aromatic carbocycles. The van der Waals surface area contributed by atoms with E-state index in [1.807, 2.05) is 15.2 Å². The number of aldehydes is 1. The fourth-order valence-electron chi connectivity index (χ4n) is 13.6. The molecular formula is C78H108F4N8O13Si4. The second-order valence-electron chi connectivity index (χ2n) is 34.1. The number of pyridine rings is 2. The molecule has 2 amide bonds. The molecule has 8 aromatic rings. The molecule has 21 nitrogen and oxygen atoms in total. The number of nitrogens with one attached hydrogen (secondary N) is 1. The zero-order chi connectivity index (χ0) is 77.7. The van der Waals surface area contributed by atoms with Gasteiger partial charge in [-0.1, -0.05) is 80.8 Å². The molecule has 0 spiro atoms. The van der Waals surface area contributed by atoms with Gasteiger partial charge in [-0.25, -0.2) is 37.1 Å². The van der Waals surface area contributed by atoms with Crippen LogP contribution in [-0.4, -0.2) is 145 Å². The topological polar surface area (TPSA) is 224 Å². The summed E-state index contributed by atoms with van der Waals surface area (Å²) < 4.78 is 108. The molecule has 6 aromatic heterocycles. The highest BCUT2D eigenvalue weighted by molar-refractivity contribution is 6.76. The molecule has 2 saturated carbocycles. The Bertz CT molecular complexity index is 4600. The van der Waals surface area contributed by atoms with Crippen LogP contribution in [0.15, 0.2) is 91.5 Å². The third-order valence-electron chi connectivity index (χ3n) is 21.9. The van der Waals surface area contributed by atoms with Gasteiger partial charge in [0.15, 0.2) is 29.8 Å². The van der Waals surface area contributed by atoms with Crippen molar-refractivity contribution in [2.75, 3.05) is 56.0 Å². The van der Waals surface area contributed by atoms with Gasteiger partial charge in [0.2, 0.25) is 11.8 Å². The van der Waals surface area contributed by atoms with Gasteiger partial charge < -0.3 is 65.7 Å². The Kier molecular flexibility index (Phi) is 26.1. The van der Waals surface area contributed by atoms with Crippen molar-refractivity contribution in [1.29, 1.82) is 0 Å². The van der Waals surface area contributed by atoms with Crippen LogP contribution in [0.1, 0.15) is 104 Å². The number of fused-ring (bicyclic) bond motifs is 8. The number of benzene rings is 2. The zero-order valence-corrected chi connectivity index (χ0v) is 69.1. The molecule has 4 aliphatic rings. The van der Waals surface area contributed by atoms with Crippen molar-refractivity contribution in [1.82, 2.24) is 29.3 Å². The number of halogens is 4. The van der Waals surface area contributed by atoms with Gasteiger partial charge in [-0.2, -0.15) is 0 Å². The highest BCUT2D eigenvalue weighted by Crippen LogP contribution is 2.42. The van der Waals surface area contributed by atoms with Crippen LogP contribution in [0.3, 0.4) is 0 Å². The zero-order valence-electron chi connectivity index (χ0n) is 65.1. The van der Waals surface area contributed by atoms with Gasteiger partial charge in [0, 0.05) is 114 Å². The monoisotopic (exact) mass is 1550 g/mol. The van der Waals surface area contributed by atoms with Gasteiger partial charge in [-0.3, -0.25) is 14.5 Å². The van der Waals surface area contributed by atoms with Gasteiger partial charge in [-0.05, 0) is 148 Å². The van der Waals surface area contributed by atoms with Crippen LogP contribution in [-0.2, 0) is 59.3 Å². The average molecular weight is 1550 g/mol. The maximum absolute atomic E-state index is 14.7. The lowest BCUT2D eigenvalue weighted by Gasteiger charge is -2.42. The maximum atomic E-state index is 14.7. The van der Waals surface area contributed by atoms with Gasteiger partial charge in [0.25, 0.3) is 11.8 Å². The van der Waals surface area contributed by atoms with Crippen LogP contribution < -0.4 is 35.8 Å². The molecule has 0 atom stereocenters. The molecule has 582 valence electrons. The number of carbonyl (C=O) groups excluding carboxylic acids is 3. The number of hydrogen-bond donors (Lipinski definition) is 1. The molecule has 0 unspecified atom stereocenters. The van der Waals surface area contributed by atoms with E-state index in [0.717, 1.165) is 80.7 Å². The Morgan fingerprint density at radius 3 is 1.44 bits per heavy atom. The maximum Gasteiger partial charge on any atom is 0.345 e. The summed E-state index contributed by atoms with van der Waals surface area (Å²) in [5.41, 5.74) is 3.37. The Balaban J connectivity index is 0.000000203. The highest BCUT2D eigenvalue weighted by atomic mass is 28.4. The summed E-state index contributed by atoms with van der Waals surface area (Å²) >= 11 is 0. The second kappa shape index (κ2) is 34.0.